The van der Waals surface area contributed by atoms with Crippen LogP contribution in [0.15, 0.2) is 70.9 Å². The molecule has 1 unspecified atom stereocenters. The molecule has 1 heterocycles. The molecule has 0 aliphatic carbocycles. The van der Waals surface area contributed by atoms with Crippen LogP contribution in [-0.4, -0.2) is 28.4 Å². The van der Waals surface area contributed by atoms with Gasteiger partial charge in [0, 0.05) is 23.3 Å². The molecule has 1 saturated heterocycles. The molecule has 2 aromatic rings. The summed E-state index contributed by atoms with van der Waals surface area (Å²) in [4.78, 5) is 24.1. The normalized spacial score (nSPS) is 18.1. The third-order valence-corrected chi connectivity index (χ3v) is 4.99. The van der Waals surface area contributed by atoms with Gasteiger partial charge >= 0.3 is 0 Å². The Kier molecular flexibility index (Phi) is 7.00. The first-order valence-corrected chi connectivity index (χ1v) is 9.71. The lowest BCUT2D eigenvalue weighted by Gasteiger charge is -2.07. The zero-order valence-electron chi connectivity index (χ0n) is 14.7. The van der Waals surface area contributed by atoms with Gasteiger partial charge in [-0.3, -0.25) is 9.59 Å². The number of halogens is 1. The number of nitrogens with zero attached hydrogens (tertiary/aromatic N) is 2. The Hall–Kier alpha value is -2.90. The van der Waals surface area contributed by atoms with Crippen molar-refractivity contribution >= 4 is 58.3 Å². The molecular formula is C20H17ClN4O2S. The van der Waals surface area contributed by atoms with Crippen molar-refractivity contribution in [1.82, 2.24) is 5.32 Å². The van der Waals surface area contributed by atoms with Crippen LogP contribution in [0.2, 0.25) is 5.02 Å². The van der Waals surface area contributed by atoms with E-state index < -0.39 is 5.25 Å². The van der Waals surface area contributed by atoms with Crippen molar-refractivity contribution in [2.24, 2.45) is 10.2 Å². The molecule has 8 heteroatoms. The van der Waals surface area contributed by atoms with Crippen molar-refractivity contribution < 1.29 is 9.59 Å². The Labute approximate surface area is 171 Å². The predicted molar refractivity (Wildman–Crippen MR) is 116 cm³/mol. The fourth-order valence-electron chi connectivity index (χ4n) is 2.34. The van der Waals surface area contributed by atoms with Gasteiger partial charge in [-0.05, 0) is 35.9 Å². The van der Waals surface area contributed by atoms with Crippen LogP contribution in [0.5, 0.6) is 0 Å². The zero-order valence-corrected chi connectivity index (χ0v) is 16.3. The Morgan fingerprint density at radius 2 is 1.93 bits per heavy atom. The number of benzene rings is 2. The largest absolute Gasteiger partial charge is 0.326 e. The van der Waals surface area contributed by atoms with Crippen molar-refractivity contribution in [1.29, 1.82) is 0 Å². The topological polar surface area (TPSA) is 82.9 Å². The molecular weight excluding hydrogens is 396 g/mol. The summed E-state index contributed by atoms with van der Waals surface area (Å²) in [6.45, 7) is 0. The maximum atomic E-state index is 12.1. The second-order valence-electron chi connectivity index (χ2n) is 5.79. The van der Waals surface area contributed by atoms with E-state index in [-0.39, 0.29) is 18.2 Å². The standard InChI is InChI=1S/C20H17ClN4O2S/c21-15-8-10-16(11-9-15)23-18(26)13-17-19(27)24-20(28-17)25-22-12-4-7-14-5-2-1-3-6-14/h1-12,17H,13H2,(H,23,26)(H,24,25,27)/b7-4+,22-12-. The number of anilines is 1. The molecule has 0 saturated carbocycles. The number of nitrogens with one attached hydrogen (secondary N) is 2. The Bertz CT molecular complexity index is 927. The summed E-state index contributed by atoms with van der Waals surface area (Å²) < 4.78 is 0. The Morgan fingerprint density at radius 1 is 1.18 bits per heavy atom. The van der Waals surface area contributed by atoms with Crippen LogP contribution in [0.25, 0.3) is 6.08 Å². The van der Waals surface area contributed by atoms with E-state index >= 15 is 0 Å². The number of allylic oxidation sites excluding steroid dienone is 1. The number of carbonyl (C=O) groups excluding carboxylic acids is 2. The van der Waals surface area contributed by atoms with Gasteiger partial charge in [-0.25, -0.2) is 0 Å². The van der Waals surface area contributed by atoms with Gasteiger partial charge in [-0.2, -0.15) is 5.10 Å². The van der Waals surface area contributed by atoms with Crippen molar-refractivity contribution in [2.75, 3.05) is 5.32 Å². The summed E-state index contributed by atoms with van der Waals surface area (Å²) in [7, 11) is 0. The highest BCUT2D eigenvalue weighted by Gasteiger charge is 2.32. The van der Waals surface area contributed by atoms with Gasteiger partial charge in [0.25, 0.3) is 0 Å². The van der Waals surface area contributed by atoms with Crippen LogP contribution in [-0.2, 0) is 9.59 Å². The molecule has 0 bridgehead atoms. The molecule has 0 spiro atoms. The first-order chi connectivity index (χ1) is 13.6. The molecule has 28 heavy (non-hydrogen) atoms. The number of thioether (sulfide) groups is 1. The number of hydrogen-bond donors (Lipinski definition) is 2. The summed E-state index contributed by atoms with van der Waals surface area (Å²) >= 11 is 7.00. The van der Waals surface area contributed by atoms with E-state index in [0.717, 1.165) is 5.56 Å². The average molecular weight is 413 g/mol. The lowest BCUT2D eigenvalue weighted by molar-refractivity contribution is -0.122. The molecule has 2 aromatic carbocycles. The summed E-state index contributed by atoms with van der Waals surface area (Å²) in [6.07, 6.45) is 5.23. The summed E-state index contributed by atoms with van der Waals surface area (Å²) in [5, 5.41) is 13.7. The summed E-state index contributed by atoms with van der Waals surface area (Å²) in [5.41, 5.74) is 1.68. The first kappa shape index (κ1) is 19.9. The maximum absolute atomic E-state index is 12.1. The van der Waals surface area contributed by atoms with E-state index in [9.17, 15) is 9.59 Å². The van der Waals surface area contributed by atoms with Crippen molar-refractivity contribution in [2.45, 2.75) is 11.7 Å². The molecule has 1 fully saturated rings. The fraction of sp³-hybridized carbons (Fsp3) is 0.100. The molecule has 142 valence electrons. The highest BCUT2D eigenvalue weighted by molar-refractivity contribution is 8.15. The van der Waals surface area contributed by atoms with Crippen LogP contribution in [0.3, 0.4) is 0 Å². The van der Waals surface area contributed by atoms with Gasteiger partial charge in [0.05, 0.1) is 0 Å². The third-order valence-electron chi connectivity index (χ3n) is 3.66. The minimum absolute atomic E-state index is 0.0375. The van der Waals surface area contributed by atoms with E-state index in [2.05, 4.69) is 20.8 Å². The molecule has 2 N–H and O–H groups in total. The van der Waals surface area contributed by atoms with Crippen LogP contribution < -0.4 is 10.6 Å². The number of carbonyl (C=O) groups is 2. The van der Waals surface area contributed by atoms with Gasteiger partial charge in [-0.15, -0.1) is 5.10 Å². The SMILES string of the molecule is O=C(CC1S\C(=N/N=C\C=C\c2ccccc2)NC1=O)Nc1ccc(Cl)cc1. The van der Waals surface area contributed by atoms with E-state index in [1.807, 2.05) is 36.4 Å². The Balaban J connectivity index is 1.49. The Morgan fingerprint density at radius 3 is 2.68 bits per heavy atom. The molecule has 2 amide bonds. The molecule has 0 aromatic heterocycles. The summed E-state index contributed by atoms with van der Waals surface area (Å²) in [6, 6.07) is 16.6. The van der Waals surface area contributed by atoms with Crippen molar-refractivity contribution in [3.05, 3.63) is 71.3 Å². The molecule has 1 atom stereocenters. The fourth-order valence-corrected chi connectivity index (χ4v) is 3.39. The first-order valence-electron chi connectivity index (χ1n) is 8.46. The van der Waals surface area contributed by atoms with Gasteiger partial charge < -0.3 is 10.6 Å². The maximum Gasteiger partial charge on any atom is 0.240 e. The smallest absolute Gasteiger partial charge is 0.240 e. The van der Waals surface area contributed by atoms with Crippen LogP contribution >= 0.6 is 23.4 Å². The number of amidine groups is 1. The van der Waals surface area contributed by atoms with Gasteiger partial charge in [-0.1, -0.05) is 59.8 Å². The lowest BCUT2D eigenvalue weighted by Crippen LogP contribution is -2.28. The van der Waals surface area contributed by atoms with Gasteiger partial charge in [0.15, 0.2) is 5.17 Å². The highest BCUT2D eigenvalue weighted by Crippen LogP contribution is 2.23. The van der Waals surface area contributed by atoms with E-state index in [0.29, 0.717) is 15.9 Å². The lowest BCUT2D eigenvalue weighted by atomic mass is 10.2. The molecule has 1 aliphatic rings. The predicted octanol–water partition coefficient (Wildman–Crippen LogP) is 3.96. The zero-order chi connectivity index (χ0) is 19.8. The molecule has 1 aliphatic heterocycles. The van der Waals surface area contributed by atoms with Gasteiger partial charge in [0.1, 0.15) is 5.25 Å². The molecule has 6 nitrogen and oxygen atoms in total. The van der Waals surface area contributed by atoms with E-state index in [1.54, 1.807) is 30.3 Å². The second-order valence-corrected chi connectivity index (χ2v) is 7.42. The van der Waals surface area contributed by atoms with Crippen LogP contribution in [0.4, 0.5) is 5.69 Å². The third kappa shape index (κ3) is 6.07. The van der Waals surface area contributed by atoms with Crippen molar-refractivity contribution in [3.63, 3.8) is 0 Å². The second kappa shape index (κ2) is 9.87. The quantitative estimate of drug-likeness (QED) is 0.556. The van der Waals surface area contributed by atoms with Crippen LogP contribution in [0, 0.1) is 0 Å². The minimum Gasteiger partial charge on any atom is -0.326 e. The van der Waals surface area contributed by atoms with Crippen LogP contribution in [0.1, 0.15) is 12.0 Å². The average Bonchev–Trinajstić information content (AvgIpc) is 3.03. The number of rotatable bonds is 6. The van der Waals surface area contributed by atoms with E-state index in [1.165, 1.54) is 18.0 Å². The summed E-state index contributed by atoms with van der Waals surface area (Å²) in [5.74, 6) is -0.518. The van der Waals surface area contributed by atoms with Gasteiger partial charge in [0.2, 0.25) is 11.8 Å². The number of amides is 2. The minimum atomic E-state index is -0.541. The monoisotopic (exact) mass is 412 g/mol. The molecule has 0 radical (unpaired) electrons. The van der Waals surface area contributed by atoms with Crippen molar-refractivity contribution in [3.8, 4) is 0 Å². The highest BCUT2D eigenvalue weighted by atomic mass is 35.5. The molecule has 3 rings (SSSR count). The number of hydrogen-bond acceptors (Lipinski definition) is 5. The van der Waals surface area contributed by atoms with E-state index in [4.69, 9.17) is 11.6 Å².